The maximum Gasteiger partial charge on any atom is 0.197 e. The summed E-state index contributed by atoms with van der Waals surface area (Å²) in [4.78, 5) is 4.45. The molecule has 0 aromatic carbocycles. The maximum absolute atomic E-state index is 6.01. The number of nitrogens with two attached hydrogens (primary N) is 1. The van der Waals surface area contributed by atoms with Gasteiger partial charge in [-0.3, -0.25) is 0 Å². The highest BCUT2D eigenvalue weighted by molar-refractivity contribution is 7.99. The van der Waals surface area contributed by atoms with Gasteiger partial charge in [0.05, 0.1) is 0 Å². The van der Waals surface area contributed by atoms with Gasteiger partial charge in [0, 0.05) is 30.8 Å². The van der Waals surface area contributed by atoms with Gasteiger partial charge in [-0.05, 0) is 37.6 Å². The fourth-order valence-corrected chi connectivity index (χ4v) is 3.50. The Morgan fingerprint density at radius 2 is 2.20 bits per heavy atom. The van der Waals surface area contributed by atoms with Gasteiger partial charge in [0.15, 0.2) is 5.16 Å². The molecule has 2 aromatic rings. The van der Waals surface area contributed by atoms with Crippen molar-refractivity contribution >= 4 is 11.8 Å². The molecule has 5 nitrogen and oxygen atoms in total. The van der Waals surface area contributed by atoms with E-state index in [1.54, 1.807) is 18.0 Å². The minimum absolute atomic E-state index is 0.0299. The van der Waals surface area contributed by atoms with Crippen LogP contribution in [0.1, 0.15) is 43.6 Å². The Balaban J connectivity index is 1.90. The molecule has 0 spiro atoms. The number of nitrogens with zero attached hydrogens (tertiary/aromatic N) is 4. The molecule has 0 fully saturated rings. The van der Waals surface area contributed by atoms with Gasteiger partial charge in [-0.15, -0.1) is 10.2 Å². The number of rotatable bonds is 3. The summed E-state index contributed by atoms with van der Waals surface area (Å²) < 4.78 is 2.23. The van der Waals surface area contributed by atoms with Crippen molar-refractivity contribution in [3.8, 4) is 0 Å². The highest BCUT2D eigenvalue weighted by Gasteiger charge is 2.18. The average Bonchev–Trinajstić information content (AvgIpc) is 2.68. The Morgan fingerprint density at radius 1 is 1.30 bits per heavy atom. The molecule has 3 heterocycles. The summed E-state index contributed by atoms with van der Waals surface area (Å²) in [6, 6.07) is 3.92. The molecular weight excluding hydrogens is 270 g/mol. The highest BCUT2D eigenvalue weighted by atomic mass is 32.2. The van der Waals surface area contributed by atoms with Crippen molar-refractivity contribution in [3.05, 3.63) is 29.7 Å². The summed E-state index contributed by atoms with van der Waals surface area (Å²) in [5, 5.41) is 10.5. The molecule has 2 N–H and O–H groups in total. The Morgan fingerprint density at radius 3 is 3.05 bits per heavy atom. The maximum atomic E-state index is 6.01. The van der Waals surface area contributed by atoms with Crippen LogP contribution in [0.25, 0.3) is 0 Å². The molecule has 1 aliphatic rings. The van der Waals surface area contributed by atoms with Gasteiger partial charge in [0.1, 0.15) is 10.9 Å². The lowest BCUT2D eigenvalue weighted by Gasteiger charge is -2.11. The van der Waals surface area contributed by atoms with Crippen molar-refractivity contribution in [1.82, 2.24) is 19.7 Å². The summed E-state index contributed by atoms with van der Waals surface area (Å²) in [6.07, 6.45) is 6.49. The lowest BCUT2D eigenvalue weighted by Crippen LogP contribution is -2.08. The smallest absolute Gasteiger partial charge is 0.197 e. The normalized spacial score (nSPS) is 16.5. The number of hydrogen-bond acceptors (Lipinski definition) is 5. The van der Waals surface area contributed by atoms with Crippen LogP contribution in [0.15, 0.2) is 28.5 Å². The van der Waals surface area contributed by atoms with Crippen LogP contribution in [0.4, 0.5) is 0 Å². The molecule has 0 amide bonds. The lowest BCUT2D eigenvalue weighted by molar-refractivity contribution is 0.590. The number of hydrogen-bond donors (Lipinski definition) is 1. The van der Waals surface area contributed by atoms with Gasteiger partial charge in [0.2, 0.25) is 0 Å². The van der Waals surface area contributed by atoms with E-state index < -0.39 is 0 Å². The second-order valence-corrected chi connectivity index (χ2v) is 6.11. The van der Waals surface area contributed by atoms with Gasteiger partial charge >= 0.3 is 0 Å². The van der Waals surface area contributed by atoms with Gasteiger partial charge in [-0.1, -0.05) is 12.5 Å². The standard InChI is InChI=1S/C14H19N5S/c1-10(15)11-6-5-8-16-13(11)20-14-18-17-12-7-3-2-4-9-19(12)14/h5-6,8,10H,2-4,7,9,15H2,1H3/t10-/m0/s1. The van der Waals surface area contributed by atoms with E-state index in [2.05, 4.69) is 19.7 Å². The third-order valence-electron chi connectivity index (χ3n) is 3.55. The molecule has 0 saturated heterocycles. The monoisotopic (exact) mass is 289 g/mol. The zero-order valence-corrected chi connectivity index (χ0v) is 12.4. The first-order chi connectivity index (χ1) is 9.75. The summed E-state index contributed by atoms with van der Waals surface area (Å²) >= 11 is 1.57. The molecule has 0 bridgehead atoms. The van der Waals surface area contributed by atoms with Crippen molar-refractivity contribution in [3.63, 3.8) is 0 Å². The molecule has 6 heteroatoms. The first-order valence-corrected chi connectivity index (χ1v) is 7.88. The fraction of sp³-hybridized carbons (Fsp3) is 0.500. The van der Waals surface area contributed by atoms with Crippen molar-refractivity contribution in [2.75, 3.05) is 0 Å². The molecule has 0 unspecified atom stereocenters. The minimum Gasteiger partial charge on any atom is -0.324 e. The number of aromatic nitrogens is 4. The Kier molecular flexibility index (Phi) is 4.03. The van der Waals surface area contributed by atoms with E-state index in [4.69, 9.17) is 5.73 Å². The zero-order chi connectivity index (χ0) is 13.9. The quantitative estimate of drug-likeness (QED) is 0.940. The van der Waals surface area contributed by atoms with Crippen molar-refractivity contribution < 1.29 is 0 Å². The zero-order valence-electron chi connectivity index (χ0n) is 11.6. The van der Waals surface area contributed by atoms with E-state index in [1.165, 1.54) is 19.3 Å². The Labute approximate surface area is 123 Å². The molecule has 1 atom stereocenters. The second-order valence-electron chi connectivity index (χ2n) is 5.15. The van der Waals surface area contributed by atoms with E-state index in [0.717, 1.165) is 34.5 Å². The van der Waals surface area contributed by atoms with E-state index in [9.17, 15) is 0 Å². The summed E-state index contributed by atoms with van der Waals surface area (Å²) in [7, 11) is 0. The summed E-state index contributed by atoms with van der Waals surface area (Å²) in [5.41, 5.74) is 7.07. The minimum atomic E-state index is -0.0299. The Bertz CT molecular complexity index is 593. The van der Waals surface area contributed by atoms with E-state index >= 15 is 0 Å². The predicted octanol–water partition coefficient (Wildman–Crippen LogP) is 2.57. The van der Waals surface area contributed by atoms with Crippen LogP contribution < -0.4 is 5.73 Å². The summed E-state index contributed by atoms with van der Waals surface area (Å²) in [5.74, 6) is 1.10. The van der Waals surface area contributed by atoms with E-state index in [1.807, 2.05) is 19.1 Å². The van der Waals surface area contributed by atoms with Crippen molar-refractivity contribution in [1.29, 1.82) is 0 Å². The van der Waals surface area contributed by atoms with Crippen LogP contribution in [-0.2, 0) is 13.0 Å². The average molecular weight is 289 g/mol. The predicted molar refractivity (Wildman–Crippen MR) is 78.5 cm³/mol. The molecule has 2 aromatic heterocycles. The highest BCUT2D eigenvalue weighted by Crippen LogP contribution is 2.31. The number of pyridine rings is 1. The van der Waals surface area contributed by atoms with Gasteiger partial charge in [-0.2, -0.15) is 0 Å². The molecule has 0 radical (unpaired) electrons. The summed E-state index contributed by atoms with van der Waals surface area (Å²) in [6.45, 7) is 2.98. The van der Waals surface area contributed by atoms with E-state index in [0.29, 0.717) is 0 Å². The lowest BCUT2D eigenvalue weighted by atomic mass is 10.2. The third-order valence-corrected chi connectivity index (χ3v) is 4.57. The molecule has 0 aliphatic carbocycles. The Hall–Kier alpha value is -1.40. The van der Waals surface area contributed by atoms with Crippen molar-refractivity contribution in [2.45, 2.75) is 55.4 Å². The number of aryl methyl sites for hydroxylation is 1. The topological polar surface area (TPSA) is 69.6 Å². The van der Waals surface area contributed by atoms with E-state index in [-0.39, 0.29) is 6.04 Å². The van der Waals surface area contributed by atoms with Gasteiger partial charge in [-0.25, -0.2) is 4.98 Å². The number of fused-ring (bicyclic) bond motifs is 1. The fourth-order valence-electron chi connectivity index (χ4n) is 2.46. The van der Waals surface area contributed by atoms with Crippen LogP contribution >= 0.6 is 11.8 Å². The molecule has 3 rings (SSSR count). The third kappa shape index (κ3) is 2.71. The molecule has 0 saturated carbocycles. The molecule has 1 aliphatic heterocycles. The second kappa shape index (κ2) is 5.93. The van der Waals surface area contributed by atoms with Crippen LogP contribution in [0, 0.1) is 0 Å². The first-order valence-electron chi connectivity index (χ1n) is 7.06. The molecule has 20 heavy (non-hydrogen) atoms. The first kappa shape index (κ1) is 13.6. The SMILES string of the molecule is C[C@H](N)c1cccnc1Sc1nnc2n1CCCCC2. The van der Waals surface area contributed by atoms with Crippen molar-refractivity contribution in [2.24, 2.45) is 5.73 Å². The van der Waals surface area contributed by atoms with Crippen LogP contribution in [0.3, 0.4) is 0 Å². The van der Waals surface area contributed by atoms with Crippen LogP contribution in [0.5, 0.6) is 0 Å². The largest absolute Gasteiger partial charge is 0.324 e. The van der Waals surface area contributed by atoms with Crippen LogP contribution in [-0.4, -0.2) is 19.7 Å². The van der Waals surface area contributed by atoms with Gasteiger partial charge < -0.3 is 10.3 Å². The van der Waals surface area contributed by atoms with Crippen LogP contribution in [0.2, 0.25) is 0 Å². The molecular formula is C14H19N5S. The van der Waals surface area contributed by atoms with Gasteiger partial charge in [0.25, 0.3) is 0 Å². The molecule has 106 valence electrons.